The summed E-state index contributed by atoms with van der Waals surface area (Å²) in [6, 6.07) is 3.93. The Morgan fingerprint density at radius 3 is 2.69 bits per heavy atom. The van der Waals surface area contributed by atoms with Gasteiger partial charge in [-0.1, -0.05) is 0 Å². The van der Waals surface area contributed by atoms with Crippen molar-refractivity contribution in [2.45, 2.75) is 0 Å². The first-order valence-corrected chi connectivity index (χ1v) is 4.65. The van der Waals surface area contributed by atoms with Crippen molar-refractivity contribution in [3.63, 3.8) is 0 Å². The molecule has 0 spiro atoms. The van der Waals surface area contributed by atoms with Crippen LogP contribution in [0.3, 0.4) is 0 Å². The van der Waals surface area contributed by atoms with Gasteiger partial charge in [-0.3, -0.25) is 9.67 Å². The van der Waals surface area contributed by atoms with Gasteiger partial charge in [0.05, 0.1) is 11.9 Å². The van der Waals surface area contributed by atoms with E-state index in [2.05, 4.69) is 26.0 Å². The van der Waals surface area contributed by atoms with E-state index in [1.165, 1.54) is 0 Å². The molecule has 0 radical (unpaired) electrons. The molecule has 66 valence electrons. The summed E-state index contributed by atoms with van der Waals surface area (Å²) in [5.74, 6) is 0. The molecule has 0 saturated carbocycles. The fourth-order valence-electron chi connectivity index (χ4n) is 1.10. The van der Waals surface area contributed by atoms with E-state index in [1.807, 2.05) is 25.4 Å². The Morgan fingerprint density at radius 2 is 2.15 bits per heavy atom. The first kappa shape index (κ1) is 8.44. The lowest BCUT2D eigenvalue weighted by Crippen LogP contribution is -1.84. The highest BCUT2D eigenvalue weighted by Crippen LogP contribution is 2.17. The van der Waals surface area contributed by atoms with Gasteiger partial charge in [0.2, 0.25) is 0 Å². The third-order valence-corrected chi connectivity index (χ3v) is 2.20. The van der Waals surface area contributed by atoms with Crippen LogP contribution in [-0.2, 0) is 7.05 Å². The molecular weight excluding hydrogens is 230 g/mol. The number of aromatic nitrogens is 3. The summed E-state index contributed by atoms with van der Waals surface area (Å²) in [5, 5.41) is 4.08. The third-order valence-electron chi connectivity index (χ3n) is 1.73. The van der Waals surface area contributed by atoms with Gasteiger partial charge in [-0.2, -0.15) is 5.10 Å². The Hall–Kier alpha value is -1.16. The van der Waals surface area contributed by atoms with Gasteiger partial charge in [-0.25, -0.2) is 0 Å². The van der Waals surface area contributed by atoms with E-state index in [4.69, 9.17) is 0 Å². The second-order valence-corrected chi connectivity index (χ2v) is 3.68. The summed E-state index contributed by atoms with van der Waals surface area (Å²) in [7, 11) is 1.89. The van der Waals surface area contributed by atoms with Crippen molar-refractivity contribution >= 4 is 15.9 Å². The molecule has 2 aromatic rings. The minimum Gasteiger partial charge on any atom is -0.275 e. The maximum absolute atomic E-state index is 4.26. The van der Waals surface area contributed by atoms with Crippen molar-refractivity contribution in [3.8, 4) is 11.3 Å². The van der Waals surface area contributed by atoms with Crippen LogP contribution in [0.25, 0.3) is 11.3 Å². The molecule has 0 fully saturated rings. The van der Waals surface area contributed by atoms with E-state index >= 15 is 0 Å². The molecule has 0 N–H and O–H groups in total. The molecule has 0 saturated heterocycles. The average molecular weight is 238 g/mol. The molecule has 4 heteroatoms. The zero-order chi connectivity index (χ0) is 9.26. The Morgan fingerprint density at radius 1 is 1.31 bits per heavy atom. The number of hydrogen-bond donors (Lipinski definition) is 0. The Labute approximate surface area is 84.5 Å². The minimum absolute atomic E-state index is 0.941. The van der Waals surface area contributed by atoms with Crippen LogP contribution < -0.4 is 0 Å². The maximum atomic E-state index is 4.26. The van der Waals surface area contributed by atoms with Gasteiger partial charge in [0.15, 0.2) is 0 Å². The Bertz CT molecular complexity index is 405. The minimum atomic E-state index is 0.941. The number of hydrogen-bond acceptors (Lipinski definition) is 2. The van der Waals surface area contributed by atoms with Crippen LogP contribution in [0.15, 0.2) is 35.2 Å². The highest BCUT2D eigenvalue weighted by Gasteiger charge is 2.00. The molecule has 0 aromatic carbocycles. The lowest BCUT2D eigenvalue weighted by atomic mass is 10.2. The molecule has 0 aliphatic carbocycles. The van der Waals surface area contributed by atoms with Crippen LogP contribution in [0.2, 0.25) is 0 Å². The summed E-state index contributed by atoms with van der Waals surface area (Å²) in [6.07, 6.45) is 5.52. The van der Waals surface area contributed by atoms with Gasteiger partial charge in [-0.15, -0.1) is 0 Å². The zero-order valence-electron chi connectivity index (χ0n) is 7.11. The van der Waals surface area contributed by atoms with E-state index in [9.17, 15) is 0 Å². The van der Waals surface area contributed by atoms with Crippen LogP contribution in [0.4, 0.5) is 0 Å². The maximum Gasteiger partial charge on any atom is 0.0734 e. The number of nitrogens with zero attached hydrogens (tertiary/aromatic N) is 3. The van der Waals surface area contributed by atoms with E-state index in [0.29, 0.717) is 0 Å². The largest absolute Gasteiger partial charge is 0.275 e. The molecule has 0 atom stereocenters. The summed E-state index contributed by atoms with van der Waals surface area (Å²) in [6.45, 7) is 0. The summed E-state index contributed by atoms with van der Waals surface area (Å²) >= 11 is 3.34. The fourth-order valence-corrected chi connectivity index (χ4v) is 1.33. The van der Waals surface area contributed by atoms with Crippen LogP contribution in [0.1, 0.15) is 0 Å². The van der Waals surface area contributed by atoms with Crippen LogP contribution in [-0.4, -0.2) is 14.8 Å². The molecule has 2 aromatic heterocycles. The summed E-state index contributed by atoms with van der Waals surface area (Å²) in [4.78, 5) is 4.26. The summed E-state index contributed by atoms with van der Waals surface area (Å²) < 4.78 is 2.75. The molecule has 0 bridgehead atoms. The quantitative estimate of drug-likeness (QED) is 0.762. The van der Waals surface area contributed by atoms with Crippen molar-refractivity contribution in [1.82, 2.24) is 14.8 Å². The van der Waals surface area contributed by atoms with Crippen LogP contribution >= 0.6 is 15.9 Å². The van der Waals surface area contributed by atoms with Gasteiger partial charge in [0.25, 0.3) is 0 Å². The van der Waals surface area contributed by atoms with Gasteiger partial charge in [-0.05, 0) is 28.1 Å². The lowest BCUT2D eigenvalue weighted by molar-refractivity contribution is 0.768. The van der Waals surface area contributed by atoms with Crippen molar-refractivity contribution in [3.05, 3.63) is 35.2 Å². The predicted molar refractivity (Wildman–Crippen MR) is 54.1 cm³/mol. The van der Waals surface area contributed by atoms with E-state index in [-0.39, 0.29) is 0 Å². The van der Waals surface area contributed by atoms with Gasteiger partial charge < -0.3 is 0 Å². The molecule has 2 heterocycles. The normalized spacial score (nSPS) is 10.3. The fraction of sp³-hybridized carbons (Fsp3) is 0.111. The second kappa shape index (κ2) is 3.30. The number of pyridine rings is 1. The first-order valence-electron chi connectivity index (χ1n) is 3.86. The first-order chi connectivity index (χ1) is 6.25. The average Bonchev–Trinajstić information content (AvgIpc) is 2.53. The van der Waals surface area contributed by atoms with Crippen molar-refractivity contribution < 1.29 is 0 Å². The monoisotopic (exact) mass is 237 g/mol. The standard InChI is InChI=1S/C9H8BrN3/c1-13-6-7(4-12-13)9-3-2-8(10)5-11-9/h2-6H,1H3. The Balaban J connectivity index is 2.41. The van der Waals surface area contributed by atoms with Crippen molar-refractivity contribution in [1.29, 1.82) is 0 Å². The number of rotatable bonds is 1. The molecular formula is C9H8BrN3. The van der Waals surface area contributed by atoms with Crippen molar-refractivity contribution in [2.75, 3.05) is 0 Å². The van der Waals surface area contributed by atoms with E-state index in [0.717, 1.165) is 15.7 Å². The predicted octanol–water partition coefficient (Wildman–Crippen LogP) is 2.24. The summed E-state index contributed by atoms with van der Waals surface area (Å²) in [5.41, 5.74) is 1.98. The van der Waals surface area contributed by atoms with Gasteiger partial charge in [0, 0.05) is 29.5 Å². The van der Waals surface area contributed by atoms with E-state index < -0.39 is 0 Å². The van der Waals surface area contributed by atoms with Crippen LogP contribution in [0, 0.1) is 0 Å². The van der Waals surface area contributed by atoms with Gasteiger partial charge >= 0.3 is 0 Å². The van der Waals surface area contributed by atoms with E-state index in [1.54, 1.807) is 17.1 Å². The molecule has 0 amide bonds. The lowest BCUT2D eigenvalue weighted by Gasteiger charge is -1.94. The molecule has 13 heavy (non-hydrogen) atoms. The number of aryl methyl sites for hydroxylation is 1. The molecule has 3 nitrogen and oxygen atoms in total. The highest BCUT2D eigenvalue weighted by atomic mass is 79.9. The van der Waals surface area contributed by atoms with Crippen LogP contribution in [0.5, 0.6) is 0 Å². The molecule has 2 rings (SSSR count). The SMILES string of the molecule is Cn1cc(-c2ccc(Br)cn2)cn1. The topological polar surface area (TPSA) is 30.7 Å². The Kier molecular flexibility index (Phi) is 2.14. The second-order valence-electron chi connectivity index (χ2n) is 2.76. The number of halogens is 1. The van der Waals surface area contributed by atoms with Crippen molar-refractivity contribution in [2.24, 2.45) is 7.05 Å². The van der Waals surface area contributed by atoms with Gasteiger partial charge in [0.1, 0.15) is 0 Å². The third kappa shape index (κ3) is 1.78. The molecule has 0 unspecified atom stereocenters. The highest BCUT2D eigenvalue weighted by molar-refractivity contribution is 9.10. The molecule has 0 aliphatic rings. The smallest absolute Gasteiger partial charge is 0.0734 e. The zero-order valence-corrected chi connectivity index (χ0v) is 8.69. The molecule has 0 aliphatic heterocycles.